The normalized spacial score (nSPS) is 11.7. The molecule has 0 aromatic heterocycles. The highest BCUT2D eigenvalue weighted by Crippen LogP contribution is 2.29. The van der Waals surface area contributed by atoms with Crippen LogP contribution in [-0.2, 0) is 0 Å². The predicted molar refractivity (Wildman–Crippen MR) is 91.5 cm³/mol. The molecule has 122 valence electrons. The van der Waals surface area contributed by atoms with E-state index >= 15 is 0 Å². The van der Waals surface area contributed by atoms with Crippen LogP contribution in [0.3, 0.4) is 0 Å². The molecule has 5 heteroatoms. The van der Waals surface area contributed by atoms with Gasteiger partial charge in [0.05, 0.1) is 20.3 Å². The molecule has 2 aromatic carbocycles. The maximum absolute atomic E-state index is 12.7. The van der Waals surface area contributed by atoms with E-state index in [2.05, 4.69) is 0 Å². The highest BCUT2D eigenvalue weighted by atomic mass is 35.5. The highest BCUT2D eigenvalue weighted by molar-refractivity contribution is 6.30. The van der Waals surface area contributed by atoms with Gasteiger partial charge in [-0.15, -0.1) is 0 Å². The molecule has 0 bridgehead atoms. The Morgan fingerprint density at radius 1 is 1.09 bits per heavy atom. The van der Waals surface area contributed by atoms with E-state index < -0.39 is 0 Å². The van der Waals surface area contributed by atoms with Crippen molar-refractivity contribution >= 4 is 17.5 Å². The fourth-order valence-electron chi connectivity index (χ4n) is 2.34. The fourth-order valence-corrected chi connectivity index (χ4v) is 2.54. The summed E-state index contributed by atoms with van der Waals surface area (Å²) in [6, 6.07) is 12.5. The molecule has 0 radical (unpaired) electrons. The molecule has 4 nitrogen and oxygen atoms in total. The predicted octanol–water partition coefficient (Wildman–Crippen LogP) is 4.19. The summed E-state index contributed by atoms with van der Waals surface area (Å²) >= 11 is 6.03. The summed E-state index contributed by atoms with van der Waals surface area (Å²) in [5, 5.41) is 0.654. The van der Waals surface area contributed by atoms with Crippen molar-refractivity contribution in [1.29, 1.82) is 0 Å². The van der Waals surface area contributed by atoms with E-state index in [0.29, 0.717) is 22.1 Å². The molecule has 1 amide bonds. The first-order valence-corrected chi connectivity index (χ1v) is 7.60. The first-order chi connectivity index (χ1) is 11.0. The summed E-state index contributed by atoms with van der Waals surface area (Å²) in [5.41, 5.74) is 1.52. The summed E-state index contributed by atoms with van der Waals surface area (Å²) in [6.07, 6.45) is 0. The molecule has 1 unspecified atom stereocenters. The van der Waals surface area contributed by atoms with Crippen LogP contribution in [0.4, 0.5) is 0 Å². The molecule has 23 heavy (non-hydrogen) atoms. The number of amides is 1. The SMILES string of the molecule is COc1ccc(C(=O)N(C)C(C)c2cccc(Cl)c2)cc1OC. The van der Waals surface area contributed by atoms with Crippen LogP contribution in [0.5, 0.6) is 11.5 Å². The Kier molecular flexibility index (Phi) is 5.50. The number of halogens is 1. The van der Waals surface area contributed by atoms with Crippen molar-refractivity contribution in [2.45, 2.75) is 13.0 Å². The van der Waals surface area contributed by atoms with Gasteiger partial charge in [0.1, 0.15) is 0 Å². The van der Waals surface area contributed by atoms with E-state index in [0.717, 1.165) is 5.56 Å². The lowest BCUT2D eigenvalue weighted by Gasteiger charge is -2.26. The molecular weight excluding hydrogens is 314 g/mol. The number of rotatable bonds is 5. The van der Waals surface area contributed by atoms with Gasteiger partial charge in [0.25, 0.3) is 5.91 Å². The van der Waals surface area contributed by atoms with Crippen molar-refractivity contribution < 1.29 is 14.3 Å². The molecule has 0 aliphatic carbocycles. The number of methoxy groups -OCH3 is 2. The van der Waals surface area contributed by atoms with Gasteiger partial charge in [0, 0.05) is 17.6 Å². The zero-order valence-corrected chi connectivity index (χ0v) is 14.4. The van der Waals surface area contributed by atoms with Crippen LogP contribution in [-0.4, -0.2) is 32.1 Å². The summed E-state index contributed by atoms with van der Waals surface area (Å²) in [6.45, 7) is 1.96. The van der Waals surface area contributed by atoms with Crippen LogP contribution in [0, 0.1) is 0 Å². The van der Waals surface area contributed by atoms with Gasteiger partial charge in [-0.2, -0.15) is 0 Å². The molecule has 0 fully saturated rings. The third-order valence-corrected chi connectivity index (χ3v) is 4.10. The Morgan fingerprint density at radius 3 is 2.39 bits per heavy atom. The zero-order chi connectivity index (χ0) is 17.0. The Bertz CT molecular complexity index is 702. The summed E-state index contributed by atoms with van der Waals surface area (Å²) in [7, 11) is 4.88. The first kappa shape index (κ1) is 17.2. The third kappa shape index (κ3) is 3.77. The van der Waals surface area contributed by atoms with Crippen molar-refractivity contribution in [1.82, 2.24) is 4.90 Å². The number of carbonyl (C=O) groups is 1. The minimum absolute atomic E-state index is 0.0987. The van der Waals surface area contributed by atoms with Gasteiger partial charge in [0.15, 0.2) is 11.5 Å². The Hall–Kier alpha value is -2.20. The molecule has 0 aliphatic heterocycles. The molecule has 2 rings (SSSR count). The quantitative estimate of drug-likeness (QED) is 0.823. The van der Waals surface area contributed by atoms with Gasteiger partial charge in [0.2, 0.25) is 0 Å². The van der Waals surface area contributed by atoms with Crippen LogP contribution in [0.15, 0.2) is 42.5 Å². The molecule has 0 saturated heterocycles. The standard InChI is InChI=1S/C18H20ClNO3/c1-12(13-6-5-7-15(19)10-13)20(2)18(21)14-8-9-16(22-3)17(11-14)23-4/h5-12H,1-4H3. The Morgan fingerprint density at radius 2 is 1.78 bits per heavy atom. The van der Waals surface area contributed by atoms with Gasteiger partial charge >= 0.3 is 0 Å². The number of hydrogen-bond donors (Lipinski definition) is 0. The lowest BCUT2D eigenvalue weighted by molar-refractivity contribution is 0.0742. The van der Waals surface area contributed by atoms with E-state index in [1.807, 2.05) is 31.2 Å². The smallest absolute Gasteiger partial charge is 0.254 e. The van der Waals surface area contributed by atoms with Crippen LogP contribution >= 0.6 is 11.6 Å². The summed E-state index contributed by atoms with van der Waals surface area (Å²) in [4.78, 5) is 14.4. The molecule has 0 spiro atoms. The minimum Gasteiger partial charge on any atom is -0.493 e. The summed E-state index contributed by atoms with van der Waals surface area (Å²) in [5.74, 6) is 1.02. The lowest BCUT2D eigenvalue weighted by atomic mass is 10.1. The van der Waals surface area contributed by atoms with Gasteiger partial charge < -0.3 is 14.4 Å². The molecule has 0 heterocycles. The van der Waals surface area contributed by atoms with Gasteiger partial charge in [-0.25, -0.2) is 0 Å². The molecule has 2 aromatic rings. The number of benzene rings is 2. The molecule has 1 atom stereocenters. The third-order valence-electron chi connectivity index (χ3n) is 3.86. The van der Waals surface area contributed by atoms with Crippen LogP contribution < -0.4 is 9.47 Å². The molecule has 0 aliphatic rings. The summed E-state index contributed by atoms with van der Waals surface area (Å²) < 4.78 is 10.5. The maximum atomic E-state index is 12.7. The van der Waals surface area contributed by atoms with Gasteiger partial charge in [-0.1, -0.05) is 23.7 Å². The van der Waals surface area contributed by atoms with Crippen LogP contribution in [0.1, 0.15) is 28.9 Å². The van der Waals surface area contributed by atoms with Crippen LogP contribution in [0.25, 0.3) is 0 Å². The average Bonchev–Trinajstić information content (AvgIpc) is 2.59. The van der Waals surface area contributed by atoms with E-state index in [1.54, 1.807) is 44.4 Å². The van der Waals surface area contributed by atoms with Gasteiger partial charge in [-0.3, -0.25) is 4.79 Å². The highest BCUT2D eigenvalue weighted by Gasteiger charge is 2.20. The van der Waals surface area contributed by atoms with Crippen molar-refractivity contribution in [2.24, 2.45) is 0 Å². The number of ether oxygens (including phenoxy) is 2. The van der Waals surface area contributed by atoms with E-state index in [-0.39, 0.29) is 11.9 Å². The number of hydrogen-bond acceptors (Lipinski definition) is 3. The van der Waals surface area contributed by atoms with Crippen molar-refractivity contribution in [3.63, 3.8) is 0 Å². The molecule has 0 N–H and O–H groups in total. The number of carbonyl (C=O) groups excluding carboxylic acids is 1. The Labute approximate surface area is 141 Å². The maximum Gasteiger partial charge on any atom is 0.254 e. The lowest BCUT2D eigenvalue weighted by Crippen LogP contribution is -2.29. The molecular formula is C18H20ClNO3. The van der Waals surface area contributed by atoms with E-state index in [1.165, 1.54) is 0 Å². The number of nitrogens with zero attached hydrogens (tertiary/aromatic N) is 1. The first-order valence-electron chi connectivity index (χ1n) is 7.22. The van der Waals surface area contributed by atoms with Crippen molar-refractivity contribution in [3.8, 4) is 11.5 Å². The van der Waals surface area contributed by atoms with Crippen molar-refractivity contribution in [2.75, 3.05) is 21.3 Å². The Balaban J connectivity index is 2.25. The minimum atomic E-state index is -0.103. The molecule has 0 saturated carbocycles. The second kappa shape index (κ2) is 7.38. The monoisotopic (exact) mass is 333 g/mol. The van der Waals surface area contributed by atoms with Crippen molar-refractivity contribution in [3.05, 3.63) is 58.6 Å². The topological polar surface area (TPSA) is 38.8 Å². The average molecular weight is 334 g/mol. The zero-order valence-electron chi connectivity index (χ0n) is 13.7. The second-order valence-corrected chi connectivity index (χ2v) is 5.65. The van der Waals surface area contributed by atoms with E-state index in [9.17, 15) is 4.79 Å². The second-order valence-electron chi connectivity index (χ2n) is 5.22. The van der Waals surface area contributed by atoms with Crippen LogP contribution in [0.2, 0.25) is 5.02 Å². The van der Waals surface area contributed by atoms with E-state index in [4.69, 9.17) is 21.1 Å². The van der Waals surface area contributed by atoms with Gasteiger partial charge in [-0.05, 0) is 42.8 Å². The largest absolute Gasteiger partial charge is 0.493 e. The fraction of sp³-hybridized carbons (Fsp3) is 0.278.